The van der Waals surface area contributed by atoms with E-state index >= 15 is 0 Å². The molecule has 1 fully saturated rings. The topological polar surface area (TPSA) is 75.4 Å². The number of hydrogen-bond donors (Lipinski definition) is 1. The average molecular weight is 283 g/mol. The maximum absolute atomic E-state index is 12.8. The first kappa shape index (κ1) is 12.1. The van der Waals surface area contributed by atoms with Crippen molar-refractivity contribution in [3.05, 3.63) is 47.5 Å². The first-order chi connectivity index (χ1) is 10.1. The summed E-state index contributed by atoms with van der Waals surface area (Å²) < 4.78 is 1.72. The minimum Gasteiger partial charge on any atom is -0.479 e. The zero-order valence-corrected chi connectivity index (χ0v) is 11.4. The van der Waals surface area contributed by atoms with Crippen LogP contribution < -0.4 is 0 Å². The average Bonchev–Trinajstić information content (AvgIpc) is 2.84. The molecule has 1 atom stereocenters. The van der Waals surface area contributed by atoms with Gasteiger partial charge in [0.05, 0.1) is 29.5 Å². The van der Waals surface area contributed by atoms with E-state index in [4.69, 9.17) is 0 Å². The number of amides is 1. The molecule has 0 unspecified atom stereocenters. The van der Waals surface area contributed by atoms with Crippen molar-refractivity contribution in [1.82, 2.24) is 14.5 Å². The summed E-state index contributed by atoms with van der Waals surface area (Å²) >= 11 is 0. The van der Waals surface area contributed by atoms with Gasteiger partial charge in [-0.25, -0.2) is 9.78 Å². The molecule has 0 bridgehead atoms. The second-order valence-electron chi connectivity index (χ2n) is 5.54. The zero-order valence-electron chi connectivity index (χ0n) is 11.4. The summed E-state index contributed by atoms with van der Waals surface area (Å²) in [5.41, 5.74) is 1.43. The number of carbonyl (C=O) groups excluding carboxylic acids is 1. The zero-order chi connectivity index (χ0) is 14.8. The Kier molecular flexibility index (Phi) is 2.15. The van der Waals surface area contributed by atoms with E-state index in [9.17, 15) is 14.7 Å². The Bertz CT molecular complexity index is 795. The van der Waals surface area contributed by atoms with E-state index in [-0.39, 0.29) is 5.91 Å². The van der Waals surface area contributed by atoms with Crippen molar-refractivity contribution in [2.75, 3.05) is 6.54 Å². The summed E-state index contributed by atoms with van der Waals surface area (Å²) in [7, 11) is 0. The van der Waals surface area contributed by atoms with Crippen molar-refractivity contribution >= 4 is 11.9 Å². The van der Waals surface area contributed by atoms with Gasteiger partial charge in [0.2, 0.25) is 0 Å². The molecule has 4 rings (SSSR count). The number of aromatic nitrogens is 2. The van der Waals surface area contributed by atoms with Crippen LogP contribution in [0.2, 0.25) is 0 Å². The van der Waals surface area contributed by atoms with Gasteiger partial charge in [-0.3, -0.25) is 9.36 Å². The largest absolute Gasteiger partial charge is 0.479 e. The molecule has 0 spiro atoms. The molecule has 0 aliphatic carbocycles. The van der Waals surface area contributed by atoms with Gasteiger partial charge in [-0.05, 0) is 19.1 Å². The highest BCUT2D eigenvalue weighted by molar-refractivity contribution is 6.03. The van der Waals surface area contributed by atoms with E-state index in [1.54, 1.807) is 23.2 Å². The quantitative estimate of drug-likeness (QED) is 0.856. The predicted molar refractivity (Wildman–Crippen MR) is 73.3 cm³/mol. The monoisotopic (exact) mass is 283 g/mol. The van der Waals surface area contributed by atoms with Crippen molar-refractivity contribution in [2.45, 2.75) is 18.9 Å². The van der Waals surface area contributed by atoms with Crippen LogP contribution in [0.1, 0.15) is 28.0 Å². The summed E-state index contributed by atoms with van der Waals surface area (Å²) in [5.74, 6) is -1.24. The van der Waals surface area contributed by atoms with Crippen LogP contribution in [-0.2, 0) is 10.3 Å². The third-order valence-corrected chi connectivity index (χ3v) is 4.46. The number of rotatable bonds is 1. The number of nitrogens with zero attached hydrogens (tertiary/aromatic N) is 3. The molecule has 6 nitrogen and oxygen atoms in total. The lowest BCUT2D eigenvalue weighted by Crippen LogP contribution is -2.63. The molecular weight excluding hydrogens is 270 g/mol. The first-order valence-corrected chi connectivity index (χ1v) is 6.75. The molecule has 1 amide bonds. The fourth-order valence-electron chi connectivity index (χ4n) is 3.29. The normalized spacial score (nSPS) is 22.7. The summed E-state index contributed by atoms with van der Waals surface area (Å²) in [6, 6.07) is 5.55. The van der Waals surface area contributed by atoms with Crippen LogP contribution in [0.25, 0.3) is 5.69 Å². The number of hydrogen-bond acceptors (Lipinski definition) is 3. The number of carbonyl (C=O) groups is 2. The number of aryl methyl sites for hydroxylation is 1. The second kappa shape index (κ2) is 3.72. The summed E-state index contributed by atoms with van der Waals surface area (Å²) in [6.45, 7) is 2.36. The smallest absolute Gasteiger partial charge is 0.336 e. The van der Waals surface area contributed by atoms with Crippen LogP contribution >= 0.6 is 0 Å². The SMILES string of the molecule is Cc1ccc2c(c1)C(=O)N1CC[C@@]1(C(=O)O)c1cncn1-2. The number of imidazole rings is 1. The molecule has 2 aliphatic heterocycles. The third kappa shape index (κ3) is 1.29. The minimum atomic E-state index is -1.29. The molecule has 2 aromatic rings. The van der Waals surface area contributed by atoms with Crippen molar-refractivity contribution in [3.8, 4) is 5.69 Å². The fraction of sp³-hybridized carbons (Fsp3) is 0.267. The number of aliphatic carboxylic acids is 1. The third-order valence-electron chi connectivity index (χ3n) is 4.46. The van der Waals surface area contributed by atoms with Gasteiger partial charge in [0.1, 0.15) is 0 Å². The Morgan fingerprint density at radius 2 is 2.24 bits per heavy atom. The van der Waals surface area contributed by atoms with Crippen LogP contribution in [0.5, 0.6) is 0 Å². The van der Waals surface area contributed by atoms with Gasteiger partial charge < -0.3 is 10.0 Å². The second-order valence-corrected chi connectivity index (χ2v) is 5.54. The molecule has 1 N–H and O–H groups in total. The molecule has 2 aliphatic rings. The van der Waals surface area contributed by atoms with Crippen LogP contribution in [0.3, 0.4) is 0 Å². The van der Waals surface area contributed by atoms with Crippen LogP contribution in [0.15, 0.2) is 30.7 Å². The van der Waals surface area contributed by atoms with E-state index in [1.807, 2.05) is 19.1 Å². The molecule has 106 valence electrons. The molecule has 3 heterocycles. The van der Waals surface area contributed by atoms with Gasteiger partial charge in [-0.15, -0.1) is 0 Å². The van der Waals surface area contributed by atoms with Gasteiger partial charge in [-0.1, -0.05) is 11.6 Å². The van der Waals surface area contributed by atoms with Crippen molar-refractivity contribution in [3.63, 3.8) is 0 Å². The van der Waals surface area contributed by atoms with Crippen molar-refractivity contribution in [2.24, 2.45) is 0 Å². The number of fused-ring (bicyclic) bond motifs is 5. The first-order valence-electron chi connectivity index (χ1n) is 6.75. The van der Waals surface area contributed by atoms with Gasteiger partial charge >= 0.3 is 5.97 Å². The van der Waals surface area contributed by atoms with Gasteiger partial charge in [0.25, 0.3) is 5.91 Å². The molecule has 0 radical (unpaired) electrons. The highest BCUT2D eigenvalue weighted by Gasteiger charge is 2.58. The standard InChI is InChI=1S/C15H13N3O3/c1-9-2-3-11-10(6-9)13(19)18-5-4-15(18,14(20)21)12-7-16-8-17(11)12/h2-3,6-8H,4-5H2,1H3,(H,20,21)/t15-/m0/s1. The molecule has 6 heteroatoms. The molecule has 1 aromatic carbocycles. The molecule has 21 heavy (non-hydrogen) atoms. The van der Waals surface area contributed by atoms with E-state index in [1.165, 1.54) is 4.90 Å². The molecule has 0 saturated carbocycles. The van der Waals surface area contributed by atoms with E-state index in [0.717, 1.165) is 5.56 Å². The summed E-state index contributed by atoms with van der Waals surface area (Å²) in [5, 5.41) is 9.73. The predicted octanol–water partition coefficient (Wildman–Crippen LogP) is 1.32. The maximum Gasteiger partial charge on any atom is 0.336 e. The van der Waals surface area contributed by atoms with Crippen molar-refractivity contribution in [1.29, 1.82) is 0 Å². The molecular formula is C15H13N3O3. The van der Waals surface area contributed by atoms with Gasteiger partial charge in [-0.2, -0.15) is 0 Å². The minimum absolute atomic E-state index is 0.231. The Morgan fingerprint density at radius 3 is 2.90 bits per heavy atom. The van der Waals surface area contributed by atoms with E-state index in [2.05, 4.69) is 4.98 Å². The Balaban J connectivity index is 2.08. The molecule has 1 saturated heterocycles. The fourth-order valence-corrected chi connectivity index (χ4v) is 3.29. The lowest BCUT2D eigenvalue weighted by molar-refractivity contribution is -0.159. The summed E-state index contributed by atoms with van der Waals surface area (Å²) in [6.07, 6.45) is 3.53. The Morgan fingerprint density at radius 1 is 1.43 bits per heavy atom. The van der Waals surface area contributed by atoms with E-state index in [0.29, 0.717) is 29.9 Å². The summed E-state index contributed by atoms with van der Waals surface area (Å²) in [4.78, 5) is 30.2. The lowest BCUT2D eigenvalue weighted by Gasteiger charge is -2.48. The van der Waals surface area contributed by atoms with Crippen LogP contribution in [0.4, 0.5) is 0 Å². The highest BCUT2D eigenvalue weighted by atomic mass is 16.4. The number of benzene rings is 1. The lowest BCUT2D eigenvalue weighted by atomic mass is 9.81. The van der Waals surface area contributed by atoms with Crippen LogP contribution in [-0.4, -0.2) is 38.0 Å². The van der Waals surface area contributed by atoms with Gasteiger partial charge in [0.15, 0.2) is 5.54 Å². The number of carboxylic acids is 1. The van der Waals surface area contributed by atoms with E-state index < -0.39 is 11.5 Å². The maximum atomic E-state index is 12.8. The number of carboxylic acid groups (broad SMARTS) is 1. The van der Waals surface area contributed by atoms with Crippen LogP contribution in [0, 0.1) is 6.92 Å². The highest BCUT2D eigenvalue weighted by Crippen LogP contribution is 2.45. The van der Waals surface area contributed by atoms with Crippen molar-refractivity contribution < 1.29 is 14.7 Å². The Labute approximate surface area is 120 Å². The molecule has 1 aromatic heterocycles. The van der Waals surface area contributed by atoms with Gasteiger partial charge in [0, 0.05) is 13.0 Å². The Hall–Kier alpha value is -2.63.